The van der Waals surface area contributed by atoms with Gasteiger partial charge in [-0.15, -0.1) is 0 Å². The molecule has 2 rings (SSSR count). The van der Waals surface area contributed by atoms with E-state index in [0.717, 1.165) is 10.0 Å². The maximum atomic E-state index is 11.9. The van der Waals surface area contributed by atoms with Crippen LogP contribution in [0.25, 0.3) is 0 Å². The number of halogens is 1. The molecule has 8 nitrogen and oxygen atoms in total. The number of methoxy groups -OCH3 is 1. The number of carbonyl (C=O) groups is 3. The van der Waals surface area contributed by atoms with Gasteiger partial charge >= 0.3 is 5.97 Å². The van der Waals surface area contributed by atoms with E-state index < -0.39 is 18.5 Å². The van der Waals surface area contributed by atoms with Gasteiger partial charge in [-0.2, -0.15) is 0 Å². The Hall–Kier alpha value is -3.07. The second-order valence-electron chi connectivity index (χ2n) is 6.19. The quantitative estimate of drug-likeness (QED) is 0.509. The van der Waals surface area contributed by atoms with Gasteiger partial charge in [-0.3, -0.25) is 14.4 Å². The van der Waals surface area contributed by atoms with Gasteiger partial charge in [-0.1, -0.05) is 28.1 Å². The molecule has 2 aromatic rings. The van der Waals surface area contributed by atoms with Crippen LogP contribution >= 0.6 is 15.9 Å². The average molecular weight is 479 g/mol. The molecule has 2 amide bonds. The highest BCUT2D eigenvalue weighted by Crippen LogP contribution is 2.25. The molecule has 0 radical (unpaired) electrons. The van der Waals surface area contributed by atoms with Gasteiger partial charge in [0.2, 0.25) is 5.91 Å². The molecular formula is C21H23BrN2O6. The molecule has 0 atom stereocenters. The topological polar surface area (TPSA) is 103 Å². The molecule has 0 aliphatic carbocycles. The van der Waals surface area contributed by atoms with Crippen molar-refractivity contribution in [3.05, 3.63) is 52.5 Å². The highest BCUT2D eigenvalue weighted by molar-refractivity contribution is 9.10. The zero-order valence-corrected chi connectivity index (χ0v) is 18.3. The molecule has 160 valence electrons. The summed E-state index contributed by atoms with van der Waals surface area (Å²) in [6, 6.07) is 12.5. The third kappa shape index (κ3) is 7.75. The number of aryl methyl sites for hydroxylation is 1. The summed E-state index contributed by atoms with van der Waals surface area (Å²) in [6.45, 7) is 1.23. The number of carbonyl (C=O) groups excluding carboxylic acids is 3. The van der Waals surface area contributed by atoms with Crippen LogP contribution in [0.5, 0.6) is 11.5 Å². The Morgan fingerprint density at radius 3 is 2.47 bits per heavy atom. The van der Waals surface area contributed by atoms with Crippen LogP contribution in [0.3, 0.4) is 0 Å². The van der Waals surface area contributed by atoms with Crippen LogP contribution < -0.4 is 20.1 Å². The standard InChI is InChI=1S/C21H23BrN2O6/c1-14-11-15(22)7-8-16(14)24-19(25)12-23-20(26)13-30-21(27)9-10-29-18-6-4-3-5-17(18)28-2/h3-8,11H,9-10,12-13H2,1-2H3,(H,23,26)(H,24,25). The summed E-state index contributed by atoms with van der Waals surface area (Å²) in [5.74, 6) is -0.476. The van der Waals surface area contributed by atoms with Crippen LogP contribution in [0.4, 0.5) is 5.69 Å². The van der Waals surface area contributed by atoms with E-state index >= 15 is 0 Å². The molecule has 0 saturated carbocycles. The van der Waals surface area contributed by atoms with Crippen molar-refractivity contribution in [1.82, 2.24) is 5.32 Å². The van der Waals surface area contributed by atoms with Crippen molar-refractivity contribution in [2.24, 2.45) is 0 Å². The first-order chi connectivity index (χ1) is 14.4. The molecule has 2 N–H and O–H groups in total. The molecular weight excluding hydrogens is 456 g/mol. The van der Waals surface area contributed by atoms with E-state index in [1.807, 2.05) is 13.0 Å². The highest BCUT2D eigenvalue weighted by Gasteiger charge is 2.11. The number of hydrogen-bond donors (Lipinski definition) is 2. The molecule has 0 spiro atoms. The summed E-state index contributed by atoms with van der Waals surface area (Å²) in [5, 5.41) is 5.10. The Balaban J connectivity index is 1.64. The smallest absolute Gasteiger partial charge is 0.309 e. The van der Waals surface area contributed by atoms with Gasteiger partial charge in [0.15, 0.2) is 18.1 Å². The minimum atomic E-state index is -0.588. The number of amides is 2. The molecule has 30 heavy (non-hydrogen) atoms. The second-order valence-corrected chi connectivity index (χ2v) is 7.11. The maximum Gasteiger partial charge on any atom is 0.309 e. The van der Waals surface area contributed by atoms with Gasteiger partial charge in [0.1, 0.15) is 0 Å². The van der Waals surface area contributed by atoms with Gasteiger partial charge in [0.25, 0.3) is 5.91 Å². The number of esters is 1. The third-order valence-electron chi connectivity index (χ3n) is 3.91. The third-order valence-corrected chi connectivity index (χ3v) is 4.40. The molecule has 2 aromatic carbocycles. The Bertz CT molecular complexity index is 903. The normalized spacial score (nSPS) is 10.1. The van der Waals surface area contributed by atoms with Crippen LogP contribution in [0.1, 0.15) is 12.0 Å². The molecule has 0 unspecified atom stereocenters. The van der Waals surface area contributed by atoms with Crippen LogP contribution in [0, 0.1) is 6.92 Å². The largest absolute Gasteiger partial charge is 0.493 e. The van der Waals surface area contributed by atoms with Crippen molar-refractivity contribution in [2.45, 2.75) is 13.3 Å². The van der Waals surface area contributed by atoms with Crippen LogP contribution in [-0.2, 0) is 19.1 Å². The summed E-state index contributed by atoms with van der Waals surface area (Å²) in [5.41, 5.74) is 1.53. The van der Waals surface area contributed by atoms with Crippen molar-refractivity contribution < 1.29 is 28.6 Å². The molecule has 0 aromatic heterocycles. The number of anilines is 1. The Labute approximate surface area is 183 Å². The van der Waals surface area contributed by atoms with Crippen LogP contribution in [-0.4, -0.2) is 44.7 Å². The van der Waals surface area contributed by atoms with Gasteiger partial charge in [0.05, 0.1) is 26.7 Å². The van der Waals surface area contributed by atoms with Crippen LogP contribution in [0.15, 0.2) is 46.9 Å². The predicted octanol–water partition coefficient (Wildman–Crippen LogP) is 2.83. The zero-order valence-electron chi connectivity index (χ0n) is 16.7. The van der Waals surface area contributed by atoms with Crippen molar-refractivity contribution in [1.29, 1.82) is 0 Å². The number of rotatable bonds is 10. The van der Waals surface area contributed by atoms with Crippen molar-refractivity contribution >= 4 is 39.4 Å². The van der Waals surface area contributed by atoms with Crippen LogP contribution in [0.2, 0.25) is 0 Å². The van der Waals surface area contributed by atoms with Gasteiger partial charge < -0.3 is 24.8 Å². The SMILES string of the molecule is COc1ccccc1OCCC(=O)OCC(=O)NCC(=O)Nc1ccc(Br)cc1C. The lowest BCUT2D eigenvalue weighted by molar-refractivity contribution is -0.149. The number of hydrogen-bond acceptors (Lipinski definition) is 6. The van der Waals surface area contributed by atoms with E-state index in [-0.39, 0.29) is 25.5 Å². The lowest BCUT2D eigenvalue weighted by atomic mass is 10.2. The first kappa shape index (κ1) is 23.2. The van der Waals surface area contributed by atoms with Gasteiger partial charge in [-0.05, 0) is 42.8 Å². The van der Waals surface area contributed by atoms with E-state index in [2.05, 4.69) is 26.6 Å². The van der Waals surface area contributed by atoms with Gasteiger partial charge in [-0.25, -0.2) is 0 Å². The van der Waals surface area contributed by atoms with E-state index in [9.17, 15) is 14.4 Å². The number of benzene rings is 2. The average Bonchev–Trinajstić information content (AvgIpc) is 2.73. The van der Waals surface area contributed by atoms with Crippen molar-refractivity contribution in [3.8, 4) is 11.5 Å². The number of nitrogens with one attached hydrogen (secondary N) is 2. The summed E-state index contributed by atoms with van der Waals surface area (Å²) in [4.78, 5) is 35.5. The summed E-state index contributed by atoms with van der Waals surface area (Å²) >= 11 is 3.35. The Morgan fingerprint density at radius 2 is 1.77 bits per heavy atom. The Kier molecular flexibility index (Phi) is 9.14. The number of para-hydroxylation sites is 2. The van der Waals surface area contributed by atoms with E-state index in [1.54, 1.807) is 36.4 Å². The fourth-order valence-corrected chi connectivity index (χ4v) is 2.87. The summed E-state index contributed by atoms with van der Waals surface area (Å²) in [7, 11) is 1.52. The molecule has 0 saturated heterocycles. The summed E-state index contributed by atoms with van der Waals surface area (Å²) < 4.78 is 16.4. The van der Waals surface area contributed by atoms with Gasteiger partial charge in [0, 0.05) is 10.2 Å². The van der Waals surface area contributed by atoms with E-state index in [4.69, 9.17) is 14.2 Å². The molecule has 9 heteroatoms. The first-order valence-corrected chi connectivity index (χ1v) is 9.92. The monoisotopic (exact) mass is 478 g/mol. The zero-order chi connectivity index (χ0) is 21.9. The second kappa shape index (κ2) is 11.8. The van der Waals surface area contributed by atoms with Crippen molar-refractivity contribution in [2.75, 3.05) is 32.2 Å². The molecule has 0 bridgehead atoms. The minimum absolute atomic E-state index is 0.0331. The lowest BCUT2D eigenvalue weighted by Crippen LogP contribution is -2.35. The fourth-order valence-electron chi connectivity index (χ4n) is 2.39. The molecule has 0 aliphatic heterocycles. The molecule has 0 aliphatic rings. The first-order valence-electron chi connectivity index (χ1n) is 9.13. The maximum absolute atomic E-state index is 11.9. The van der Waals surface area contributed by atoms with E-state index in [1.165, 1.54) is 7.11 Å². The fraction of sp³-hybridized carbons (Fsp3) is 0.286. The molecule has 0 heterocycles. The minimum Gasteiger partial charge on any atom is -0.493 e. The highest BCUT2D eigenvalue weighted by atomic mass is 79.9. The lowest BCUT2D eigenvalue weighted by Gasteiger charge is -2.11. The van der Waals surface area contributed by atoms with Crippen molar-refractivity contribution in [3.63, 3.8) is 0 Å². The number of ether oxygens (including phenoxy) is 3. The summed E-state index contributed by atoms with van der Waals surface area (Å²) in [6.07, 6.45) is -0.0331. The predicted molar refractivity (Wildman–Crippen MR) is 115 cm³/mol. The molecule has 0 fully saturated rings. The Morgan fingerprint density at radius 1 is 1.03 bits per heavy atom. The van der Waals surface area contributed by atoms with E-state index in [0.29, 0.717) is 17.2 Å².